The topological polar surface area (TPSA) is 179 Å². The van der Waals surface area contributed by atoms with E-state index in [9.17, 15) is 4.79 Å². The van der Waals surface area contributed by atoms with Gasteiger partial charge in [-0.2, -0.15) is 0 Å². The van der Waals surface area contributed by atoms with Gasteiger partial charge < -0.3 is 30.3 Å². The van der Waals surface area contributed by atoms with Crippen molar-refractivity contribution in [1.82, 2.24) is 0 Å². The van der Waals surface area contributed by atoms with Crippen LogP contribution in [-0.2, 0) is 23.9 Å². The van der Waals surface area contributed by atoms with Crippen LogP contribution in [0.4, 0.5) is 0 Å². The molecule has 0 aromatic heterocycles. The second kappa shape index (κ2) is 20.1. The lowest BCUT2D eigenvalue weighted by atomic mass is 10.4. The molecular formula is C11H22O10. The number of carboxylic acids is 3. The van der Waals surface area contributed by atoms with Crippen molar-refractivity contribution in [1.29, 1.82) is 0 Å². The maximum absolute atomic E-state index is 10.0. The minimum atomic E-state index is -0.950. The average molecular weight is 314 g/mol. The maximum atomic E-state index is 10.0. The molecule has 21 heavy (non-hydrogen) atoms. The Bertz CT molecular complexity index is 259. The molecule has 0 heterocycles. The van der Waals surface area contributed by atoms with Gasteiger partial charge in [-0.05, 0) is 0 Å². The average Bonchev–Trinajstić information content (AvgIpc) is 2.23. The largest absolute Gasteiger partial charge is 0.481 e. The van der Waals surface area contributed by atoms with Gasteiger partial charge in [-0.25, -0.2) is 0 Å². The van der Waals surface area contributed by atoms with Gasteiger partial charge in [0.25, 0.3) is 17.9 Å². The molecule has 0 bridgehead atoms. The van der Waals surface area contributed by atoms with Gasteiger partial charge in [0.05, 0.1) is 6.61 Å². The van der Waals surface area contributed by atoms with Gasteiger partial charge in [0.1, 0.15) is 12.7 Å². The van der Waals surface area contributed by atoms with Gasteiger partial charge in [-0.1, -0.05) is 0 Å². The highest BCUT2D eigenvalue weighted by Gasteiger charge is 2.02. The Morgan fingerprint density at radius 3 is 1.24 bits per heavy atom. The van der Waals surface area contributed by atoms with Crippen molar-refractivity contribution in [3.63, 3.8) is 0 Å². The van der Waals surface area contributed by atoms with Crippen molar-refractivity contribution in [2.45, 2.75) is 33.8 Å². The van der Waals surface area contributed by atoms with E-state index in [0.29, 0.717) is 0 Å². The van der Waals surface area contributed by atoms with Gasteiger partial charge in [0.15, 0.2) is 0 Å². The normalized spacial score (nSPS) is 9.05. The predicted molar refractivity (Wildman–Crippen MR) is 69.7 cm³/mol. The van der Waals surface area contributed by atoms with Crippen LogP contribution < -0.4 is 0 Å². The molecule has 0 aliphatic heterocycles. The number of aliphatic carboxylic acids is 3. The Labute approximate surface area is 121 Å². The van der Waals surface area contributed by atoms with Crippen molar-refractivity contribution < 1.29 is 49.4 Å². The van der Waals surface area contributed by atoms with Crippen LogP contribution in [0.1, 0.15) is 27.7 Å². The van der Waals surface area contributed by atoms with E-state index in [4.69, 9.17) is 39.9 Å². The minimum Gasteiger partial charge on any atom is -0.481 e. The summed E-state index contributed by atoms with van der Waals surface area (Å²) in [6, 6.07) is 0. The zero-order chi connectivity index (χ0) is 18.0. The lowest BCUT2D eigenvalue weighted by Gasteiger charge is -2.05. The zero-order valence-electron chi connectivity index (χ0n) is 12.3. The summed E-state index contributed by atoms with van der Waals surface area (Å²) < 4.78 is 4.35. The third kappa shape index (κ3) is 193. The van der Waals surface area contributed by atoms with E-state index in [1.54, 1.807) is 0 Å². The summed E-state index contributed by atoms with van der Waals surface area (Å²) >= 11 is 0. The summed E-state index contributed by atoms with van der Waals surface area (Å²) in [5.74, 6) is -2.96. The SMILES string of the molecule is CC(=O)O.CC(=O)O.CC(=O)O.CC(=O)OCC(O)CO. The first-order valence-electron chi connectivity index (χ1n) is 5.37. The lowest BCUT2D eigenvalue weighted by Crippen LogP contribution is -2.20. The van der Waals surface area contributed by atoms with E-state index in [1.807, 2.05) is 0 Å². The fourth-order valence-electron chi connectivity index (χ4n) is 0.266. The number of carboxylic acid groups (broad SMARTS) is 3. The number of ether oxygens (including phenoxy) is 1. The van der Waals surface area contributed by atoms with Crippen LogP contribution in [0, 0.1) is 0 Å². The molecule has 0 aromatic rings. The molecule has 0 aliphatic carbocycles. The highest BCUT2D eigenvalue weighted by molar-refractivity contribution is 5.65. The molecule has 0 fully saturated rings. The lowest BCUT2D eigenvalue weighted by molar-refractivity contribution is -0.144. The minimum absolute atomic E-state index is 0.133. The molecular weight excluding hydrogens is 292 g/mol. The Hall–Kier alpha value is -2.20. The molecule has 0 aliphatic rings. The maximum Gasteiger partial charge on any atom is 0.302 e. The zero-order valence-corrected chi connectivity index (χ0v) is 12.3. The van der Waals surface area contributed by atoms with Crippen LogP contribution in [0.15, 0.2) is 0 Å². The third-order valence-corrected chi connectivity index (χ3v) is 0.690. The number of aliphatic hydroxyl groups excluding tert-OH is 2. The van der Waals surface area contributed by atoms with Gasteiger partial charge in [-0.15, -0.1) is 0 Å². The molecule has 126 valence electrons. The van der Waals surface area contributed by atoms with Crippen molar-refractivity contribution >= 4 is 23.9 Å². The van der Waals surface area contributed by atoms with Crippen LogP contribution in [0.5, 0.6) is 0 Å². The molecule has 0 saturated heterocycles. The summed E-state index contributed by atoms with van der Waals surface area (Å²) in [4.78, 5) is 37.0. The quantitative estimate of drug-likeness (QED) is 0.413. The summed E-state index contributed by atoms with van der Waals surface area (Å²) in [6.45, 7) is 3.98. The van der Waals surface area contributed by atoms with Crippen molar-refractivity contribution in [3.8, 4) is 0 Å². The van der Waals surface area contributed by atoms with Crippen molar-refractivity contribution in [2.24, 2.45) is 0 Å². The molecule has 5 N–H and O–H groups in total. The smallest absolute Gasteiger partial charge is 0.302 e. The van der Waals surface area contributed by atoms with Crippen LogP contribution in [-0.4, -0.2) is 68.7 Å². The fraction of sp³-hybridized carbons (Fsp3) is 0.636. The highest BCUT2D eigenvalue weighted by atomic mass is 16.5. The number of hydrogen-bond acceptors (Lipinski definition) is 7. The Kier molecular flexibility index (Phi) is 26.1. The van der Waals surface area contributed by atoms with E-state index in [1.165, 1.54) is 6.92 Å². The Morgan fingerprint density at radius 2 is 1.10 bits per heavy atom. The van der Waals surface area contributed by atoms with E-state index in [0.717, 1.165) is 20.8 Å². The Morgan fingerprint density at radius 1 is 0.857 bits per heavy atom. The van der Waals surface area contributed by atoms with Gasteiger partial charge in [0.2, 0.25) is 0 Å². The van der Waals surface area contributed by atoms with Gasteiger partial charge in [0, 0.05) is 27.7 Å². The van der Waals surface area contributed by atoms with E-state index in [2.05, 4.69) is 4.74 Å². The molecule has 0 radical (unpaired) electrons. The molecule has 1 atom stereocenters. The molecule has 10 nitrogen and oxygen atoms in total. The molecule has 1 unspecified atom stereocenters. The fourth-order valence-corrected chi connectivity index (χ4v) is 0.266. The number of hydrogen-bond donors (Lipinski definition) is 5. The van der Waals surface area contributed by atoms with Crippen LogP contribution >= 0.6 is 0 Å². The molecule has 0 rings (SSSR count). The standard InChI is InChI=1S/C5H10O4.3C2H4O2/c1-4(7)9-3-5(8)2-6;3*1-2(3)4/h5-6,8H,2-3H2,1H3;3*1H3,(H,3,4). The van der Waals surface area contributed by atoms with E-state index in [-0.39, 0.29) is 13.2 Å². The summed E-state index contributed by atoms with van der Waals surface area (Å²) in [5, 5.41) is 39.0. The Balaban J connectivity index is -0.000000102. The van der Waals surface area contributed by atoms with Crippen LogP contribution in [0.3, 0.4) is 0 Å². The molecule has 0 amide bonds. The second-order valence-corrected chi connectivity index (χ2v) is 3.20. The van der Waals surface area contributed by atoms with Crippen molar-refractivity contribution in [3.05, 3.63) is 0 Å². The second-order valence-electron chi connectivity index (χ2n) is 3.20. The number of aliphatic hydroxyl groups is 2. The molecule has 0 saturated carbocycles. The molecule has 0 spiro atoms. The van der Waals surface area contributed by atoms with Crippen LogP contribution in [0.25, 0.3) is 0 Å². The first-order valence-corrected chi connectivity index (χ1v) is 5.37. The predicted octanol–water partition coefficient (Wildman–Crippen LogP) is -0.825. The third-order valence-electron chi connectivity index (χ3n) is 0.690. The van der Waals surface area contributed by atoms with Crippen molar-refractivity contribution in [2.75, 3.05) is 13.2 Å². The van der Waals surface area contributed by atoms with Gasteiger partial charge >= 0.3 is 5.97 Å². The first kappa shape index (κ1) is 27.2. The number of rotatable bonds is 3. The molecule has 10 heteroatoms. The summed E-state index contributed by atoms with van der Waals surface area (Å²) in [7, 11) is 0. The van der Waals surface area contributed by atoms with E-state index >= 15 is 0 Å². The van der Waals surface area contributed by atoms with Crippen LogP contribution in [0.2, 0.25) is 0 Å². The van der Waals surface area contributed by atoms with Gasteiger partial charge in [-0.3, -0.25) is 19.2 Å². The first-order chi connectivity index (χ1) is 9.36. The summed E-state index contributed by atoms with van der Waals surface area (Å²) in [5.41, 5.74) is 0. The number of carbonyl (C=O) groups excluding carboxylic acids is 1. The van der Waals surface area contributed by atoms with E-state index < -0.39 is 30.0 Å². The number of carbonyl (C=O) groups is 4. The molecule has 0 aromatic carbocycles. The number of esters is 1. The monoisotopic (exact) mass is 314 g/mol. The highest BCUT2D eigenvalue weighted by Crippen LogP contribution is 1.82. The summed E-state index contributed by atoms with van der Waals surface area (Å²) in [6.07, 6.45) is -0.950.